The Balaban J connectivity index is 0.000000346. The van der Waals surface area contributed by atoms with Crippen LogP contribution in [-0.2, 0) is 28.1 Å². The van der Waals surface area contributed by atoms with Crippen LogP contribution in [0.15, 0.2) is 29.2 Å². The molecule has 14 heteroatoms. The number of aryl methyl sites for hydroxylation is 1. The Hall–Kier alpha value is -1.51. The molecule has 0 saturated carbocycles. The zero-order chi connectivity index (χ0) is 34.3. The predicted octanol–water partition coefficient (Wildman–Crippen LogP) is 3.05. The fourth-order valence-electron chi connectivity index (χ4n) is 4.42. The van der Waals surface area contributed by atoms with Crippen molar-refractivity contribution in [1.29, 1.82) is 0 Å². The first-order valence-electron chi connectivity index (χ1n) is 15.3. The monoisotopic (exact) mass is 696 g/mol. The third kappa shape index (κ3) is 20.4. The van der Waals surface area contributed by atoms with Gasteiger partial charge in [-0.25, -0.2) is 8.42 Å². The number of alkyl halides is 1. The number of hydrogen-bond acceptors (Lipinski definition) is 11. The predicted molar refractivity (Wildman–Crippen MR) is 179 cm³/mol. The van der Waals surface area contributed by atoms with E-state index in [1.54, 1.807) is 12.1 Å². The molecule has 2 heterocycles. The third-order valence-corrected chi connectivity index (χ3v) is 8.13. The Morgan fingerprint density at radius 1 is 0.733 bits per heavy atom. The molecule has 2 saturated heterocycles. The topological polar surface area (TPSA) is 120 Å². The van der Waals surface area contributed by atoms with Gasteiger partial charge in [0.05, 0.1) is 24.6 Å². The number of β-amino-alcohol motifs (C(OH)–C–C–N with tert-alkyl or cyclic N) is 1. The number of aliphatic hydroxyl groups excluding tert-OH is 1. The minimum atomic E-state index is -3.55. The van der Waals surface area contributed by atoms with Crippen molar-refractivity contribution in [2.24, 2.45) is 0 Å². The molecule has 1 aromatic rings. The standard InChI is InChI=1S/C12H23ClN2O2.C12H24N2O3.C7H7ClO2S/c1-12(2,3)17-11(16)10-15-8-6-14(5-4-13)7-9-15;1-12(2,3)17-11(16)10-14-6-4-13(5-7-14)8-9-15;1-6-2-4-7(5-3-6)11(8,9)10/h4-10H2,1-3H3;15H,4-10H2,1-3H3;2-5H,1H3. The number of hydrogen-bond donors (Lipinski definition) is 1. The number of benzene rings is 1. The van der Waals surface area contributed by atoms with E-state index in [2.05, 4.69) is 19.6 Å². The lowest BCUT2D eigenvalue weighted by molar-refractivity contribution is -0.157. The highest BCUT2D eigenvalue weighted by molar-refractivity contribution is 8.13. The van der Waals surface area contributed by atoms with Crippen molar-refractivity contribution in [2.45, 2.75) is 64.6 Å². The molecule has 1 N–H and O–H groups in total. The van der Waals surface area contributed by atoms with Gasteiger partial charge in [0, 0.05) is 82.0 Å². The van der Waals surface area contributed by atoms with E-state index < -0.39 is 20.3 Å². The summed E-state index contributed by atoms with van der Waals surface area (Å²) in [6, 6.07) is 6.37. The minimum absolute atomic E-state index is 0.136. The average molecular weight is 698 g/mol. The number of carbonyl (C=O) groups is 2. The van der Waals surface area contributed by atoms with Gasteiger partial charge in [0.25, 0.3) is 9.05 Å². The number of piperazine rings is 2. The number of nitrogens with zero attached hydrogens (tertiary/aromatic N) is 4. The van der Waals surface area contributed by atoms with E-state index in [4.69, 9.17) is 36.9 Å². The number of rotatable bonds is 9. The van der Waals surface area contributed by atoms with Gasteiger partial charge in [0.1, 0.15) is 11.2 Å². The molecule has 0 atom stereocenters. The van der Waals surface area contributed by atoms with E-state index in [-0.39, 0.29) is 23.4 Å². The van der Waals surface area contributed by atoms with Crippen LogP contribution in [0.5, 0.6) is 0 Å². The molecule has 11 nitrogen and oxygen atoms in total. The fraction of sp³-hybridized carbons (Fsp3) is 0.742. The third-order valence-electron chi connectivity index (χ3n) is 6.59. The Kier molecular flexibility index (Phi) is 18.4. The lowest BCUT2D eigenvalue weighted by Gasteiger charge is -2.34. The molecule has 3 rings (SSSR count). The van der Waals surface area contributed by atoms with Crippen LogP contribution in [0.2, 0.25) is 0 Å². The summed E-state index contributed by atoms with van der Waals surface area (Å²) >= 11 is 5.70. The second-order valence-electron chi connectivity index (χ2n) is 13.1. The summed E-state index contributed by atoms with van der Waals surface area (Å²) in [6.45, 7) is 23.1. The zero-order valence-corrected chi connectivity index (χ0v) is 30.4. The van der Waals surface area contributed by atoms with E-state index in [1.165, 1.54) is 12.1 Å². The summed E-state index contributed by atoms with van der Waals surface area (Å²) in [5.41, 5.74) is 0.210. The van der Waals surface area contributed by atoms with Gasteiger partial charge in [-0.1, -0.05) is 17.7 Å². The molecule has 2 aliphatic heterocycles. The molecule has 0 unspecified atom stereocenters. The molecule has 0 aliphatic carbocycles. The molecule has 2 fully saturated rings. The number of carbonyl (C=O) groups excluding carboxylic acids is 2. The molecular formula is C31H54Cl2N4O7S. The highest BCUT2D eigenvalue weighted by atomic mass is 35.7. The van der Waals surface area contributed by atoms with Crippen molar-refractivity contribution in [2.75, 3.05) is 91.0 Å². The van der Waals surface area contributed by atoms with Crippen molar-refractivity contribution >= 4 is 43.3 Å². The average Bonchev–Trinajstić information content (AvgIpc) is 2.90. The molecule has 0 spiro atoms. The van der Waals surface area contributed by atoms with E-state index in [1.807, 2.05) is 48.5 Å². The molecule has 0 aromatic heterocycles. The normalized spacial score (nSPS) is 17.4. The van der Waals surface area contributed by atoms with Gasteiger partial charge in [-0.05, 0) is 60.6 Å². The van der Waals surface area contributed by atoms with Crippen LogP contribution in [-0.4, -0.2) is 147 Å². The number of esters is 2. The first-order valence-corrected chi connectivity index (χ1v) is 18.2. The van der Waals surface area contributed by atoms with Crippen molar-refractivity contribution in [1.82, 2.24) is 19.6 Å². The van der Waals surface area contributed by atoms with Crippen molar-refractivity contribution in [3.05, 3.63) is 29.8 Å². The van der Waals surface area contributed by atoms with Gasteiger partial charge in [0.2, 0.25) is 0 Å². The van der Waals surface area contributed by atoms with Crippen LogP contribution >= 0.6 is 22.3 Å². The first-order chi connectivity index (χ1) is 20.8. The molecule has 45 heavy (non-hydrogen) atoms. The fourth-order valence-corrected chi connectivity index (χ4v) is 5.43. The smallest absolute Gasteiger partial charge is 0.320 e. The second-order valence-corrected chi connectivity index (χ2v) is 16.0. The van der Waals surface area contributed by atoms with E-state index >= 15 is 0 Å². The summed E-state index contributed by atoms with van der Waals surface area (Å²) in [5, 5.41) is 8.83. The Morgan fingerprint density at radius 3 is 1.40 bits per heavy atom. The van der Waals surface area contributed by atoms with Crippen molar-refractivity contribution in [3.63, 3.8) is 0 Å². The second kappa shape index (κ2) is 20.0. The maximum Gasteiger partial charge on any atom is 0.320 e. The largest absolute Gasteiger partial charge is 0.459 e. The lowest BCUT2D eigenvalue weighted by Crippen LogP contribution is -2.49. The first kappa shape index (κ1) is 41.5. The van der Waals surface area contributed by atoms with Crippen molar-refractivity contribution < 1.29 is 32.6 Å². The highest BCUT2D eigenvalue weighted by Gasteiger charge is 2.23. The van der Waals surface area contributed by atoms with Crippen molar-refractivity contribution in [3.8, 4) is 0 Å². The van der Waals surface area contributed by atoms with E-state index in [0.29, 0.717) is 19.0 Å². The van der Waals surface area contributed by atoms with Crippen LogP contribution in [0, 0.1) is 6.92 Å². The van der Waals surface area contributed by atoms with Gasteiger partial charge < -0.3 is 14.6 Å². The van der Waals surface area contributed by atoms with E-state index in [9.17, 15) is 18.0 Å². The summed E-state index contributed by atoms with van der Waals surface area (Å²) in [5.74, 6) is 0.378. The van der Waals surface area contributed by atoms with Gasteiger partial charge in [-0.2, -0.15) is 0 Å². The molecule has 2 aliphatic rings. The molecular weight excluding hydrogens is 643 g/mol. The Morgan fingerprint density at radius 2 is 1.09 bits per heavy atom. The summed E-state index contributed by atoms with van der Waals surface area (Å²) in [4.78, 5) is 32.2. The SMILES string of the molecule is CC(C)(C)OC(=O)CN1CCN(CCCl)CC1.CC(C)(C)OC(=O)CN1CCN(CCO)CC1.Cc1ccc(S(=O)(=O)Cl)cc1. The summed E-state index contributed by atoms with van der Waals surface area (Å²) < 4.78 is 32.0. The van der Waals surface area contributed by atoms with Crippen LogP contribution in [0.25, 0.3) is 0 Å². The highest BCUT2D eigenvalue weighted by Crippen LogP contribution is 2.14. The minimum Gasteiger partial charge on any atom is -0.459 e. The molecule has 260 valence electrons. The quantitative estimate of drug-likeness (QED) is 0.233. The zero-order valence-electron chi connectivity index (χ0n) is 28.1. The maximum absolute atomic E-state index is 11.6. The Bertz CT molecular complexity index is 1060. The number of aliphatic hydroxyl groups is 1. The molecule has 0 amide bonds. The van der Waals surface area contributed by atoms with Crippen LogP contribution in [0.3, 0.4) is 0 Å². The number of ether oxygens (including phenoxy) is 2. The summed E-state index contributed by atoms with van der Waals surface area (Å²) in [7, 11) is 1.54. The molecule has 0 bridgehead atoms. The molecule has 1 aromatic carbocycles. The maximum atomic E-state index is 11.6. The van der Waals surface area contributed by atoms with Crippen LogP contribution in [0.1, 0.15) is 47.1 Å². The van der Waals surface area contributed by atoms with Gasteiger partial charge >= 0.3 is 11.9 Å². The van der Waals surface area contributed by atoms with E-state index in [0.717, 1.165) is 71.0 Å². The van der Waals surface area contributed by atoms with Crippen LogP contribution in [0.4, 0.5) is 0 Å². The number of halogens is 2. The Labute approximate surface area is 280 Å². The van der Waals surface area contributed by atoms with Gasteiger partial charge in [-0.3, -0.25) is 29.2 Å². The van der Waals surface area contributed by atoms with Gasteiger partial charge in [0.15, 0.2) is 0 Å². The lowest BCUT2D eigenvalue weighted by atomic mass is 10.2. The van der Waals surface area contributed by atoms with Crippen LogP contribution < -0.4 is 0 Å². The summed E-state index contributed by atoms with van der Waals surface area (Å²) in [6.07, 6.45) is 0. The van der Waals surface area contributed by atoms with Gasteiger partial charge in [-0.15, -0.1) is 11.6 Å². The molecule has 0 radical (unpaired) electrons.